The Bertz CT molecular complexity index is 354. The highest BCUT2D eigenvalue weighted by Gasteiger charge is 2.12. The molecule has 2 N–H and O–H groups in total. The number of aromatic hydroxyl groups is 1. The molecule has 96 valence electrons. The van der Waals surface area contributed by atoms with E-state index in [4.69, 9.17) is 0 Å². The zero-order valence-corrected chi connectivity index (χ0v) is 12.0. The van der Waals surface area contributed by atoms with E-state index in [1.807, 2.05) is 30.8 Å². The Morgan fingerprint density at radius 2 is 2.06 bits per heavy atom. The summed E-state index contributed by atoms with van der Waals surface area (Å²) in [4.78, 5) is 0. The second kappa shape index (κ2) is 6.92. The number of aryl methyl sites for hydroxylation is 1. The van der Waals surface area contributed by atoms with E-state index in [1.54, 1.807) is 6.07 Å². The van der Waals surface area contributed by atoms with E-state index < -0.39 is 0 Å². The number of benzene rings is 1. The molecule has 0 spiro atoms. The van der Waals surface area contributed by atoms with E-state index in [9.17, 15) is 5.11 Å². The molecule has 0 bridgehead atoms. The highest BCUT2D eigenvalue weighted by molar-refractivity contribution is 7.99. The second-order valence-corrected chi connectivity index (χ2v) is 5.83. The summed E-state index contributed by atoms with van der Waals surface area (Å²) in [6.45, 7) is 8.51. The molecule has 2 nitrogen and oxygen atoms in total. The molecule has 0 aromatic heterocycles. The molecule has 2 atom stereocenters. The van der Waals surface area contributed by atoms with Gasteiger partial charge in [-0.05, 0) is 32.6 Å². The van der Waals surface area contributed by atoms with Crippen molar-refractivity contribution < 1.29 is 5.11 Å². The van der Waals surface area contributed by atoms with E-state index in [0.29, 0.717) is 11.8 Å². The van der Waals surface area contributed by atoms with Crippen molar-refractivity contribution in [2.45, 2.75) is 39.8 Å². The van der Waals surface area contributed by atoms with Crippen LogP contribution < -0.4 is 5.32 Å². The molecule has 1 aromatic carbocycles. The predicted octanol–water partition coefficient (Wildman–Crippen LogP) is 3.49. The number of phenols is 1. The molecule has 0 radical (unpaired) electrons. The number of rotatable bonds is 6. The van der Waals surface area contributed by atoms with Crippen molar-refractivity contribution >= 4 is 11.8 Å². The highest BCUT2D eigenvalue weighted by Crippen LogP contribution is 2.25. The van der Waals surface area contributed by atoms with Gasteiger partial charge in [-0.15, -0.1) is 0 Å². The summed E-state index contributed by atoms with van der Waals surface area (Å²) in [5.41, 5.74) is 2.17. The van der Waals surface area contributed by atoms with Gasteiger partial charge >= 0.3 is 0 Å². The molecule has 0 aliphatic rings. The minimum atomic E-state index is 0.183. The molecule has 1 aromatic rings. The van der Waals surface area contributed by atoms with Crippen LogP contribution in [0.3, 0.4) is 0 Å². The molecule has 3 heteroatoms. The molecule has 0 aliphatic heterocycles. The highest BCUT2D eigenvalue weighted by atomic mass is 32.2. The fraction of sp³-hybridized carbons (Fsp3) is 0.571. The van der Waals surface area contributed by atoms with Gasteiger partial charge in [0.1, 0.15) is 5.75 Å². The van der Waals surface area contributed by atoms with Gasteiger partial charge in [0.2, 0.25) is 0 Å². The molecular formula is C14H23NOS. The smallest absolute Gasteiger partial charge is 0.120 e. The lowest BCUT2D eigenvalue weighted by Gasteiger charge is -2.21. The summed E-state index contributed by atoms with van der Waals surface area (Å²) in [6.07, 6.45) is 0. The Balaban J connectivity index is 2.62. The van der Waals surface area contributed by atoms with Gasteiger partial charge in [0.25, 0.3) is 0 Å². The fourth-order valence-electron chi connectivity index (χ4n) is 1.88. The van der Waals surface area contributed by atoms with Gasteiger partial charge in [-0.1, -0.05) is 24.6 Å². The summed E-state index contributed by atoms with van der Waals surface area (Å²) in [5.74, 6) is 2.63. The van der Waals surface area contributed by atoms with Gasteiger partial charge in [0.05, 0.1) is 0 Å². The van der Waals surface area contributed by atoms with Gasteiger partial charge < -0.3 is 10.4 Å². The minimum absolute atomic E-state index is 0.183. The predicted molar refractivity (Wildman–Crippen MR) is 76.9 cm³/mol. The van der Waals surface area contributed by atoms with E-state index in [-0.39, 0.29) is 6.04 Å². The summed E-state index contributed by atoms with van der Waals surface area (Å²) in [6, 6.07) is 6.39. The topological polar surface area (TPSA) is 32.3 Å². The Morgan fingerprint density at radius 3 is 2.71 bits per heavy atom. The average Bonchev–Trinajstić information content (AvgIpc) is 2.29. The molecule has 0 amide bonds. The lowest BCUT2D eigenvalue weighted by atomic mass is 10.0. The molecule has 2 unspecified atom stereocenters. The number of thioether (sulfide) groups is 1. The van der Waals surface area contributed by atoms with E-state index in [2.05, 4.69) is 26.1 Å². The quantitative estimate of drug-likeness (QED) is 0.814. The summed E-state index contributed by atoms with van der Waals surface area (Å²) in [5, 5.41) is 13.4. The molecular weight excluding hydrogens is 230 g/mol. The normalized spacial score (nSPS) is 14.6. The van der Waals surface area contributed by atoms with Crippen molar-refractivity contribution in [3.63, 3.8) is 0 Å². The summed E-state index contributed by atoms with van der Waals surface area (Å²) in [7, 11) is 0. The zero-order valence-electron chi connectivity index (χ0n) is 11.2. The molecule has 17 heavy (non-hydrogen) atoms. The van der Waals surface area contributed by atoms with Crippen LogP contribution in [0.4, 0.5) is 0 Å². The van der Waals surface area contributed by atoms with Crippen molar-refractivity contribution in [2.24, 2.45) is 0 Å². The Hall–Kier alpha value is -0.670. The van der Waals surface area contributed by atoms with Crippen molar-refractivity contribution in [2.75, 3.05) is 11.5 Å². The van der Waals surface area contributed by atoms with Crippen molar-refractivity contribution in [1.82, 2.24) is 5.32 Å². The average molecular weight is 253 g/mol. The summed E-state index contributed by atoms with van der Waals surface area (Å²) >= 11 is 1.94. The SMILES string of the molecule is CCSCC(C)NC(C)c1cc(C)ccc1O. The van der Waals surface area contributed by atoms with Crippen LogP contribution in [0.1, 0.15) is 37.9 Å². The number of nitrogens with one attached hydrogen (secondary N) is 1. The van der Waals surface area contributed by atoms with Crippen LogP contribution in [0.5, 0.6) is 5.75 Å². The third-order valence-corrected chi connectivity index (χ3v) is 3.90. The van der Waals surface area contributed by atoms with Gasteiger partial charge in [-0.2, -0.15) is 11.8 Å². The minimum Gasteiger partial charge on any atom is -0.508 e. The standard InChI is InChI=1S/C14H23NOS/c1-5-17-9-11(3)15-12(4)13-8-10(2)6-7-14(13)16/h6-8,11-12,15-16H,5,9H2,1-4H3. The van der Waals surface area contributed by atoms with Crippen molar-refractivity contribution in [3.05, 3.63) is 29.3 Å². The maximum Gasteiger partial charge on any atom is 0.120 e. The maximum atomic E-state index is 9.85. The maximum absolute atomic E-state index is 9.85. The first-order valence-electron chi connectivity index (χ1n) is 6.18. The van der Waals surface area contributed by atoms with Crippen LogP contribution in [-0.4, -0.2) is 22.7 Å². The molecule has 0 heterocycles. The van der Waals surface area contributed by atoms with Crippen molar-refractivity contribution in [3.8, 4) is 5.75 Å². The third kappa shape index (κ3) is 4.60. The van der Waals surface area contributed by atoms with Gasteiger partial charge in [0, 0.05) is 23.4 Å². The Labute approximate surface area is 109 Å². The van der Waals surface area contributed by atoms with Crippen molar-refractivity contribution in [1.29, 1.82) is 0 Å². The molecule has 0 saturated carbocycles. The summed E-state index contributed by atoms with van der Waals surface area (Å²) < 4.78 is 0. The molecule has 0 saturated heterocycles. The van der Waals surface area contributed by atoms with Crippen LogP contribution in [0, 0.1) is 6.92 Å². The van der Waals surface area contributed by atoms with E-state index in [1.165, 1.54) is 5.56 Å². The zero-order chi connectivity index (χ0) is 12.8. The van der Waals surface area contributed by atoms with E-state index >= 15 is 0 Å². The van der Waals surface area contributed by atoms with Crippen LogP contribution in [0.25, 0.3) is 0 Å². The number of phenolic OH excluding ortho intramolecular Hbond substituents is 1. The Morgan fingerprint density at radius 1 is 1.35 bits per heavy atom. The molecule has 0 aliphatic carbocycles. The molecule has 0 fully saturated rings. The molecule has 1 rings (SSSR count). The van der Waals surface area contributed by atoms with Crippen LogP contribution in [0.2, 0.25) is 0 Å². The van der Waals surface area contributed by atoms with Crippen LogP contribution in [0.15, 0.2) is 18.2 Å². The first-order chi connectivity index (χ1) is 8.04. The van der Waals surface area contributed by atoms with Gasteiger partial charge in [-0.25, -0.2) is 0 Å². The second-order valence-electron chi connectivity index (χ2n) is 4.51. The van der Waals surface area contributed by atoms with E-state index in [0.717, 1.165) is 17.1 Å². The first-order valence-corrected chi connectivity index (χ1v) is 7.33. The lowest BCUT2D eigenvalue weighted by molar-refractivity contribution is 0.443. The van der Waals surface area contributed by atoms with Crippen LogP contribution >= 0.6 is 11.8 Å². The largest absolute Gasteiger partial charge is 0.508 e. The Kier molecular flexibility index (Phi) is 5.86. The first kappa shape index (κ1) is 14.4. The lowest BCUT2D eigenvalue weighted by Crippen LogP contribution is -2.31. The monoisotopic (exact) mass is 253 g/mol. The van der Waals surface area contributed by atoms with Gasteiger partial charge in [0.15, 0.2) is 0 Å². The van der Waals surface area contributed by atoms with Gasteiger partial charge in [-0.3, -0.25) is 0 Å². The van der Waals surface area contributed by atoms with Crippen LogP contribution in [-0.2, 0) is 0 Å². The third-order valence-electron chi connectivity index (χ3n) is 2.76. The number of hydrogen-bond donors (Lipinski definition) is 2. The number of hydrogen-bond acceptors (Lipinski definition) is 3. The fourth-order valence-corrected chi connectivity index (χ4v) is 2.57.